The van der Waals surface area contributed by atoms with Crippen LogP contribution in [0.1, 0.15) is 47.0 Å². The minimum atomic E-state index is -1.08. The molecular weight excluding hydrogens is 235 g/mol. The molecular formula is C11H25NaO3S. The fraction of sp³-hybridized carbons (Fsp3) is 0.909. The van der Waals surface area contributed by atoms with E-state index in [0.29, 0.717) is 0 Å². The van der Waals surface area contributed by atoms with Gasteiger partial charge in [-0.25, -0.2) is 0 Å². The summed E-state index contributed by atoms with van der Waals surface area (Å²) < 4.78 is 0. The SMILES string of the molecule is CC(=O)[O-].CCC[S+](CCC)CCC.[Na+].[OH-]. The molecule has 0 unspecified atom stereocenters. The zero-order valence-corrected chi connectivity index (χ0v) is 14.2. The van der Waals surface area contributed by atoms with Gasteiger partial charge in [-0.05, 0) is 37.1 Å². The van der Waals surface area contributed by atoms with Gasteiger partial charge in [-0.3, -0.25) is 0 Å². The normalized spacial score (nSPS) is 8.31. The summed E-state index contributed by atoms with van der Waals surface area (Å²) in [5, 5.41) is 8.89. The van der Waals surface area contributed by atoms with E-state index in [9.17, 15) is 0 Å². The molecule has 0 saturated carbocycles. The fourth-order valence-electron chi connectivity index (χ4n) is 1.17. The molecule has 0 aliphatic heterocycles. The van der Waals surface area contributed by atoms with Gasteiger partial charge in [0.25, 0.3) is 0 Å². The first kappa shape index (κ1) is 25.6. The van der Waals surface area contributed by atoms with Crippen molar-refractivity contribution in [3.8, 4) is 0 Å². The first-order valence-electron chi connectivity index (χ1n) is 5.40. The summed E-state index contributed by atoms with van der Waals surface area (Å²) in [4.78, 5) is 8.89. The second-order valence-electron chi connectivity index (χ2n) is 3.22. The van der Waals surface area contributed by atoms with Crippen LogP contribution in [0.3, 0.4) is 0 Å². The third-order valence-electron chi connectivity index (χ3n) is 1.48. The van der Waals surface area contributed by atoms with Crippen molar-refractivity contribution in [2.24, 2.45) is 0 Å². The predicted octanol–water partition coefficient (Wildman–Crippen LogP) is -1.58. The second kappa shape index (κ2) is 21.1. The quantitative estimate of drug-likeness (QED) is 0.427. The number of carboxylic acids is 1. The average Bonchev–Trinajstić information content (AvgIpc) is 2.04. The molecule has 0 aromatic carbocycles. The Hall–Kier alpha value is 0.780. The Morgan fingerprint density at radius 2 is 1.19 bits per heavy atom. The summed E-state index contributed by atoms with van der Waals surface area (Å²) in [6.07, 6.45) is 4.13. The third kappa shape index (κ3) is 29.3. The van der Waals surface area contributed by atoms with Crippen molar-refractivity contribution in [2.45, 2.75) is 47.0 Å². The monoisotopic (exact) mass is 260 g/mol. The molecule has 16 heavy (non-hydrogen) atoms. The first-order valence-corrected chi connectivity index (χ1v) is 7.13. The smallest absolute Gasteiger partial charge is 0.870 e. The van der Waals surface area contributed by atoms with E-state index in [2.05, 4.69) is 20.8 Å². The predicted molar refractivity (Wildman–Crippen MR) is 65.5 cm³/mol. The molecule has 0 atom stereocenters. The van der Waals surface area contributed by atoms with Crippen molar-refractivity contribution in [3.05, 3.63) is 0 Å². The van der Waals surface area contributed by atoms with Gasteiger partial charge in [0.05, 0.1) is 0 Å². The minimum absolute atomic E-state index is 0. The van der Waals surface area contributed by atoms with Crippen LogP contribution in [0.2, 0.25) is 0 Å². The van der Waals surface area contributed by atoms with Crippen LogP contribution in [0, 0.1) is 0 Å². The Kier molecular flexibility index (Phi) is 33.7. The molecule has 0 aromatic rings. The summed E-state index contributed by atoms with van der Waals surface area (Å²) >= 11 is 0. The van der Waals surface area contributed by atoms with Crippen molar-refractivity contribution in [2.75, 3.05) is 17.3 Å². The molecule has 0 amide bonds. The Morgan fingerprint density at radius 3 is 1.31 bits per heavy atom. The van der Waals surface area contributed by atoms with E-state index in [1.54, 1.807) is 0 Å². The van der Waals surface area contributed by atoms with Crippen LogP contribution in [0.5, 0.6) is 0 Å². The van der Waals surface area contributed by atoms with Crippen LogP contribution in [0.4, 0.5) is 0 Å². The number of carbonyl (C=O) groups excluding carboxylic acids is 1. The van der Waals surface area contributed by atoms with Gasteiger partial charge in [-0.2, -0.15) is 0 Å². The maximum absolute atomic E-state index is 8.89. The molecule has 0 heterocycles. The van der Waals surface area contributed by atoms with Crippen molar-refractivity contribution in [3.63, 3.8) is 0 Å². The Labute approximate surface area is 125 Å². The molecule has 0 saturated heterocycles. The van der Waals surface area contributed by atoms with E-state index in [-0.39, 0.29) is 35.0 Å². The van der Waals surface area contributed by atoms with Crippen molar-refractivity contribution < 1.29 is 44.9 Å². The molecule has 5 heteroatoms. The van der Waals surface area contributed by atoms with Gasteiger partial charge in [0.1, 0.15) is 17.3 Å². The van der Waals surface area contributed by atoms with Gasteiger partial charge >= 0.3 is 29.6 Å². The largest absolute Gasteiger partial charge is 1.00 e. The van der Waals surface area contributed by atoms with Crippen LogP contribution in [-0.2, 0) is 15.7 Å². The number of hydrogen-bond donors (Lipinski definition) is 0. The van der Waals surface area contributed by atoms with E-state index in [1.807, 2.05) is 0 Å². The number of carbonyl (C=O) groups is 1. The standard InChI is InChI=1S/C9H21S.C2H4O2.Na.H2O/c1-4-7-10(8-5-2)9-6-3;1-2(3)4;;/h4-9H2,1-3H3;1H3,(H,3,4);;1H2/q+1;;+1;/p-2. The summed E-state index contributed by atoms with van der Waals surface area (Å²) in [6, 6.07) is 0. The van der Waals surface area contributed by atoms with E-state index >= 15 is 0 Å². The Bertz CT molecular complexity index is 116. The molecule has 0 radical (unpaired) electrons. The average molecular weight is 260 g/mol. The van der Waals surface area contributed by atoms with E-state index in [1.165, 1.54) is 36.5 Å². The summed E-state index contributed by atoms with van der Waals surface area (Å²) in [7, 11) is 0.775. The van der Waals surface area contributed by atoms with Crippen LogP contribution in [0.25, 0.3) is 0 Å². The van der Waals surface area contributed by atoms with Crippen molar-refractivity contribution >= 4 is 16.9 Å². The van der Waals surface area contributed by atoms with Crippen LogP contribution in [-0.4, -0.2) is 28.7 Å². The molecule has 0 aliphatic carbocycles. The minimum Gasteiger partial charge on any atom is -0.870 e. The van der Waals surface area contributed by atoms with E-state index in [0.717, 1.165) is 17.8 Å². The first-order chi connectivity index (χ1) is 6.58. The molecule has 1 N–H and O–H groups in total. The molecule has 0 rings (SSSR count). The zero-order chi connectivity index (χ0) is 11.4. The molecule has 3 nitrogen and oxygen atoms in total. The topological polar surface area (TPSA) is 70.1 Å². The Balaban J connectivity index is -0.000000105. The number of rotatable bonds is 6. The summed E-state index contributed by atoms with van der Waals surface area (Å²) in [6.45, 7) is 7.86. The van der Waals surface area contributed by atoms with Gasteiger partial charge in [0.15, 0.2) is 0 Å². The second-order valence-corrected chi connectivity index (χ2v) is 5.67. The van der Waals surface area contributed by atoms with Gasteiger partial charge in [0, 0.05) is 5.97 Å². The van der Waals surface area contributed by atoms with Crippen LogP contribution in [0.15, 0.2) is 0 Å². The fourth-order valence-corrected chi connectivity index (χ4v) is 3.52. The van der Waals surface area contributed by atoms with Crippen molar-refractivity contribution in [1.82, 2.24) is 0 Å². The van der Waals surface area contributed by atoms with Crippen LogP contribution >= 0.6 is 0 Å². The Morgan fingerprint density at radius 1 is 1.00 bits per heavy atom. The van der Waals surface area contributed by atoms with Gasteiger partial charge in [-0.1, -0.05) is 20.8 Å². The number of aliphatic carboxylic acids is 1. The molecule has 0 fully saturated rings. The summed E-state index contributed by atoms with van der Waals surface area (Å²) in [5.41, 5.74) is 0. The molecule has 0 aliphatic rings. The maximum atomic E-state index is 8.89. The third-order valence-corrected chi connectivity index (χ3v) is 4.44. The molecule has 0 aromatic heterocycles. The summed E-state index contributed by atoms with van der Waals surface area (Å²) in [5.74, 6) is 3.34. The number of hydrogen-bond acceptors (Lipinski definition) is 3. The molecule has 94 valence electrons. The number of carboxylic acid groups (broad SMARTS) is 1. The molecule has 0 bridgehead atoms. The zero-order valence-electron chi connectivity index (χ0n) is 11.4. The van der Waals surface area contributed by atoms with E-state index in [4.69, 9.17) is 9.90 Å². The van der Waals surface area contributed by atoms with E-state index < -0.39 is 5.97 Å². The van der Waals surface area contributed by atoms with Crippen molar-refractivity contribution in [1.29, 1.82) is 0 Å². The van der Waals surface area contributed by atoms with Gasteiger partial charge < -0.3 is 15.4 Å². The maximum Gasteiger partial charge on any atom is 1.00 e. The van der Waals surface area contributed by atoms with Gasteiger partial charge in [-0.15, -0.1) is 0 Å². The van der Waals surface area contributed by atoms with Crippen LogP contribution < -0.4 is 34.7 Å². The van der Waals surface area contributed by atoms with Gasteiger partial charge in [0.2, 0.25) is 0 Å². The molecule has 0 spiro atoms.